The number of carbonyl (C=O) groups excluding carboxylic acids is 2. The van der Waals surface area contributed by atoms with Gasteiger partial charge in [0.15, 0.2) is 6.04 Å². The normalized spacial score (nSPS) is 11.3. The van der Waals surface area contributed by atoms with E-state index in [-0.39, 0.29) is 0 Å². The standard InChI is InChI=1S/C18H19NO5/c1-22-14-9-13(10-15(11-14)23-2)17(20)19-16(18(21)24-3)12-7-5-4-6-8-12/h4-11,16H,1-3H3,(H,19,20). The predicted octanol–water partition coefficient (Wildman–Crippen LogP) is 2.35. The van der Waals surface area contributed by atoms with Gasteiger partial charge >= 0.3 is 5.97 Å². The first kappa shape index (κ1) is 17.3. The van der Waals surface area contributed by atoms with Gasteiger partial charge in [0.1, 0.15) is 11.5 Å². The fourth-order valence-electron chi connectivity index (χ4n) is 2.19. The van der Waals surface area contributed by atoms with Gasteiger partial charge in [0.05, 0.1) is 21.3 Å². The first-order chi connectivity index (χ1) is 11.6. The molecule has 1 unspecified atom stereocenters. The van der Waals surface area contributed by atoms with E-state index in [0.717, 1.165) is 0 Å². The molecule has 0 bridgehead atoms. The largest absolute Gasteiger partial charge is 0.497 e. The van der Waals surface area contributed by atoms with Gasteiger partial charge in [-0.05, 0) is 17.7 Å². The summed E-state index contributed by atoms with van der Waals surface area (Å²) in [6, 6.07) is 12.8. The first-order valence-electron chi connectivity index (χ1n) is 7.25. The van der Waals surface area contributed by atoms with Gasteiger partial charge in [-0.2, -0.15) is 0 Å². The van der Waals surface area contributed by atoms with Gasteiger partial charge in [-0.25, -0.2) is 4.79 Å². The third-order valence-corrected chi connectivity index (χ3v) is 3.46. The maximum absolute atomic E-state index is 12.6. The van der Waals surface area contributed by atoms with Crippen molar-refractivity contribution in [3.05, 3.63) is 59.7 Å². The summed E-state index contributed by atoms with van der Waals surface area (Å²) in [6.45, 7) is 0. The van der Waals surface area contributed by atoms with E-state index >= 15 is 0 Å². The zero-order valence-electron chi connectivity index (χ0n) is 13.7. The molecule has 2 aromatic carbocycles. The van der Waals surface area contributed by atoms with E-state index in [2.05, 4.69) is 5.32 Å². The smallest absolute Gasteiger partial charge is 0.333 e. The van der Waals surface area contributed by atoms with Crippen LogP contribution >= 0.6 is 0 Å². The molecule has 0 fully saturated rings. The number of nitrogens with one attached hydrogen (secondary N) is 1. The van der Waals surface area contributed by atoms with Crippen LogP contribution in [0.5, 0.6) is 11.5 Å². The lowest BCUT2D eigenvalue weighted by atomic mass is 10.1. The van der Waals surface area contributed by atoms with Crippen LogP contribution in [-0.4, -0.2) is 33.2 Å². The molecule has 0 saturated carbocycles. The Morgan fingerprint density at radius 2 is 1.50 bits per heavy atom. The SMILES string of the molecule is COC(=O)C(NC(=O)c1cc(OC)cc(OC)c1)c1ccccc1. The predicted molar refractivity (Wildman–Crippen MR) is 88.2 cm³/mol. The monoisotopic (exact) mass is 329 g/mol. The summed E-state index contributed by atoms with van der Waals surface area (Å²) in [5, 5.41) is 2.68. The van der Waals surface area contributed by atoms with Crippen molar-refractivity contribution < 1.29 is 23.8 Å². The van der Waals surface area contributed by atoms with Crippen molar-refractivity contribution in [1.82, 2.24) is 5.32 Å². The van der Waals surface area contributed by atoms with Crippen molar-refractivity contribution in [2.45, 2.75) is 6.04 Å². The fourth-order valence-corrected chi connectivity index (χ4v) is 2.19. The second kappa shape index (κ2) is 8.01. The number of hydrogen-bond acceptors (Lipinski definition) is 5. The number of carbonyl (C=O) groups is 2. The van der Waals surface area contributed by atoms with Gasteiger partial charge in [-0.1, -0.05) is 30.3 Å². The fraction of sp³-hybridized carbons (Fsp3) is 0.222. The van der Waals surface area contributed by atoms with Crippen LogP contribution in [0.4, 0.5) is 0 Å². The molecule has 2 aromatic rings. The second-order valence-corrected chi connectivity index (χ2v) is 4.94. The van der Waals surface area contributed by atoms with Gasteiger partial charge in [0.25, 0.3) is 5.91 Å². The molecule has 126 valence electrons. The molecule has 0 radical (unpaired) electrons. The van der Waals surface area contributed by atoms with Gasteiger partial charge < -0.3 is 19.5 Å². The Morgan fingerprint density at radius 3 is 2.00 bits per heavy atom. The molecule has 1 atom stereocenters. The summed E-state index contributed by atoms with van der Waals surface area (Å²) in [4.78, 5) is 24.6. The summed E-state index contributed by atoms with van der Waals surface area (Å²) in [5.41, 5.74) is 0.948. The lowest BCUT2D eigenvalue weighted by molar-refractivity contribution is -0.143. The Bertz CT molecular complexity index is 692. The van der Waals surface area contributed by atoms with Crippen LogP contribution in [0.1, 0.15) is 22.0 Å². The molecular formula is C18H19NO5. The molecule has 2 rings (SSSR count). The van der Waals surface area contributed by atoms with E-state index < -0.39 is 17.9 Å². The van der Waals surface area contributed by atoms with E-state index in [1.807, 2.05) is 6.07 Å². The van der Waals surface area contributed by atoms with Crippen molar-refractivity contribution >= 4 is 11.9 Å². The highest BCUT2D eigenvalue weighted by atomic mass is 16.5. The molecule has 1 amide bonds. The number of benzene rings is 2. The lowest BCUT2D eigenvalue weighted by Crippen LogP contribution is -2.34. The van der Waals surface area contributed by atoms with Crippen molar-refractivity contribution in [2.24, 2.45) is 0 Å². The van der Waals surface area contributed by atoms with Crippen LogP contribution in [0.3, 0.4) is 0 Å². The van der Waals surface area contributed by atoms with E-state index in [4.69, 9.17) is 14.2 Å². The van der Waals surface area contributed by atoms with E-state index in [0.29, 0.717) is 22.6 Å². The Kier molecular flexibility index (Phi) is 5.78. The van der Waals surface area contributed by atoms with Crippen LogP contribution in [0, 0.1) is 0 Å². The molecule has 0 saturated heterocycles. The molecule has 0 aliphatic carbocycles. The Labute approximate surface area is 140 Å². The molecule has 0 aromatic heterocycles. The van der Waals surface area contributed by atoms with Gasteiger partial charge in [-0.3, -0.25) is 4.79 Å². The Balaban J connectivity index is 2.29. The summed E-state index contributed by atoms with van der Waals surface area (Å²) >= 11 is 0. The summed E-state index contributed by atoms with van der Waals surface area (Å²) in [5.74, 6) is -0.0291. The Morgan fingerprint density at radius 1 is 0.917 bits per heavy atom. The van der Waals surface area contributed by atoms with Crippen molar-refractivity contribution in [3.63, 3.8) is 0 Å². The third-order valence-electron chi connectivity index (χ3n) is 3.46. The average Bonchev–Trinajstić information content (AvgIpc) is 2.65. The molecule has 0 heterocycles. The summed E-state index contributed by atoms with van der Waals surface area (Å²) in [6.07, 6.45) is 0. The summed E-state index contributed by atoms with van der Waals surface area (Å²) < 4.78 is 15.1. The second-order valence-electron chi connectivity index (χ2n) is 4.94. The maximum atomic E-state index is 12.6. The van der Waals surface area contributed by atoms with E-state index in [1.54, 1.807) is 42.5 Å². The number of hydrogen-bond donors (Lipinski definition) is 1. The van der Waals surface area contributed by atoms with Crippen LogP contribution < -0.4 is 14.8 Å². The highest BCUT2D eigenvalue weighted by Crippen LogP contribution is 2.23. The number of methoxy groups -OCH3 is 3. The van der Waals surface area contributed by atoms with Crippen molar-refractivity contribution in [3.8, 4) is 11.5 Å². The van der Waals surface area contributed by atoms with Crippen LogP contribution in [0.2, 0.25) is 0 Å². The third kappa shape index (κ3) is 4.04. The molecule has 0 aliphatic rings. The number of amides is 1. The topological polar surface area (TPSA) is 73.9 Å². The van der Waals surface area contributed by atoms with Crippen LogP contribution in [0.15, 0.2) is 48.5 Å². The van der Waals surface area contributed by atoms with Crippen molar-refractivity contribution in [2.75, 3.05) is 21.3 Å². The zero-order valence-corrected chi connectivity index (χ0v) is 13.7. The van der Waals surface area contributed by atoms with E-state index in [1.165, 1.54) is 21.3 Å². The lowest BCUT2D eigenvalue weighted by Gasteiger charge is -2.17. The molecule has 0 aliphatic heterocycles. The Hall–Kier alpha value is -3.02. The van der Waals surface area contributed by atoms with Gasteiger partial charge in [0, 0.05) is 11.6 Å². The molecule has 6 nitrogen and oxygen atoms in total. The molecule has 0 spiro atoms. The van der Waals surface area contributed by atoms with E-state index in [9.17, 15) is 9.59 Å². The number of rotatable bonds is 6. The van der Waals surface area contributed by atoms with Gasteiger partial charge in [0.2, 0.25) is 0 Å². The quantitative estimate of drug-likeness (QED) is 0.824. The highest BCUT2D eigenvalue weighted by molar-refractivity contribution is 5.97. The van der Waals surface area contributed by atoms with Gasteiger partial charge in [-0.15, -0.1) is 0 Å². The number of ether oxygens (including phenoxy) is 3. The van der Waals surface area contributed by atoms with Crippen molar-refractivity contribution in [1.29, 1.82) is 0 Å². The minimum atomic E-state index is -0.902. The molecule has 1 N–H and O–H groups in total. The molecule has 24 heavy (non-hydrogen) atoms. The summed E-state index contributed by atoms with van der Waals surface area (Å²) in [7, 11) is 4.27. The maximum Gasteiger partial charge on any atom is 0.333 e. The first-order valence-corrected chi connectivity index (χ1v) is 7.25. The average molecular weight is 329 g/mol. The highest BCUT2D eigenvalue weighted by Gasteiger charge is 2.24. The zero-order chi connectivity index (χ0) is 17.5. The number of esters is 1. The molecule has 6 heteroatoms. The van der Waals surface area contributed by atoms with Crippen LogP contribution in [0.25, 0.3) is 0 Å². The minimum absolute atomic E-state index is 0.316. The molecular weight excluding hydrogens is 310 g/mol. The van der Waals surface area contributed by atoms with Crippen LogP contribution in [-0.2, 0) is 9.53 Å². The minimum Gasteiger partial charge on any atom is -0.497 e.